The van der Waals surface area contributed by atoms with Crippen molar-refractivity contribution in [3.8, 4) is 5.75 Å². The smallest absolute Gasteiger partial charge is 0.234 e. The van der Waals surface area contributed by atoms with Gasteiger partial charge in [0.2, 0.25) is 11.7 Å². The van der Waals surface area contributed by atoms with Gasteiger partial charge in [-0.15, -0.1) is 0 Å². The van der Waals surface area contributed by atoms with E-state index in [0.717, 1.165) is 17.7 Å². The van der Waals surface area contributed by atoms with Crippen LogP contribution in [0, 0.1) is 0 Å². The molecule has 0 bridgehead atoms. The zero-order valence-electron chi connectivity index (χ0n) is 11.9. The Bertz CT molecular complexity index is 607. The fraction of sp³-hybridized carbons (Fsp3) is 0.467. The quantitative estimate of drug-likeness (QED) is 0.861. The third-order valence-electron chi connectivity index (χ3n) is 3.75. The number of nitrogens with zero attached hydrogens (tertiary/aromatic N) is 2. The number of rotatable bonds is 3. The largest absolute Gasteiger partial charge is 0.493 e. The number of fused-ring (bicyclic) bond motifs is 1. The van der Waals surface area contributed by atoms with Gasteiger partial charge in [-0.2, -0.15) is 4.98 Å². The Morgan fingerprint density at radius 3 is 2.90 bits per heavy atom. The van der Waals surface area contributed by atoms with Crippen LogP contribution in [0.1, 0.15) is 43.5 Å². The molecule has 2 heterocycles. The van der Waals surface area contributed by atoms with Crippen molar-refractivity contribution in [3.63, 3.8) is 0 Å². The summed E-state index contributed by atoms with van der Waals surface area (Å²) in [6.07, 6.45) is 0.839. The van der Waals surface area contributed by atoms with Crippen LogP contribution in [0.3, 0.4) is 0 Å². The van der Waals surface area contributed by atoms with E-state index in [4.69, 9.17) is 14.0 Å². The minimum Gasteiger partial charge on any atom is -0.493 e. The Kier molecular flexibility index (Phi) is 3.22. The molecule has 0 spiro atoms. The highest BCUT2D eigenvalue weighted by Crippen LogP contribution is 2.37. The summed E-state index contributed by atoms with van der Waals surface area (Å²) in [5.41, 5.74) is 0.552. The molecule has 0 fully saturated rings. The number of aromatic nitrogens is 2. The van der Waals surface area contributed by atoms with Crippen molar-refractivity contribution >= 4 is 0 Å². The lowest BCUT2D eigenvalue weighted by molar-refractivity contribution is 0.00973. The predicted octanol–water partition coefficient (Wildman–Crippen LogP) is 2.87. The van der Waals surface area contributed by atoms with Gasteiger partial charge in [-0.3, -0.25) is 0 Å². The number of hydrogen-bond donors (Lipinski definition) is 0. The van der Waals surface area contributed by atoms with Gasteiger partial charge in [0.25, 0.3) is 0 Å². The van der Waals surface area contributed by atoms with E-state index >= 15 is 0 Å². The summed E-state index contributed by atoms with van der Waals surface area (Å²) in [5, 5.41) is 4.05. The topological polar surface area (TPSA) is 57.4 Å². The van der Waals surface area contributed by atoms with Gasteiger partial charge >= 0.3 is 0 Å². The molecule has 0 N–H and O–H groups in total. The van der Waals surface area contributed by atoms with Crippen molar-refractivity contribution in [1.82, 2.24) is 10.1 Å². The number of hydrogen-bond acceptors (Lipinski definition) is 5. The van der Waals surface area contributed by atoms with Gasteiger partial charge in [0.15, 0.2) is 0 Å². The van der Waals surface area contributed by atoms with Gasteiger partial charge in [0.1, 0.15) is 11.4 Å². The molecule has 20 heavy (non-hydrogen) atoms. The van der Waals surface area contributed by atoms with E-state index < -0.39 is 5.60 Å². The summed E-state index contributed by atoms with van der Waals surface area (Å²) in [6.45, 7) is 4.49. The zero-order valence-corrected chi connectivity index (χ0v) is 11.9. The molecule has 0 saturated heterocycles. The Morgan fingerprint density at radius 1 is 1.30 bits per heavy atom. The van der Waals surface area contributed by atoms with Crippen LogP contribution in [0.15, 0.2) is 28.8 Å². The first-order valence-corrected chi connectivity index (χ1v) is 6.73. The summed E-state index contributed by atoms with van der Waals surface area (Å²) in [4.78, 5) is 4.52. The van der Waals surface area contributed by atoms with Gasteiger partial charge < -0.3 is 14.0 Å². The molecule has 1 aromatic heterocycles. The van der Waals surface area contributed by atoms with Crippen LogP contribution in [-0.2, 0) is 10.3 Å². The lowest BCUT2D eigenvalue weighted by Crippen LogP contribution is -2.21. The van der Waals surface area contributed by atoms with Gasteiger partial charge in [-0.25, -0.2) is 0 Å². The molecule has 1 unspecified atom stereocenters. The number of ether oxygens (including phenoxy) is 2. The molecule has 0 radical (unpaired) electrons. The molecular formula is C15H18N2O3. The summed E-state index contributed by atoms with van der Waals surface area (Å²) in [5.74, 6) is 2.18. The van der Waals surface area contributed by atoms with Crippen LogP contribution in [0.4, 0.5) is 0 Å². The van der Waals surface area contributed by atoms with E-state index in [1.165, 1.54) is 0 Å². The molecule has 0 aliphatic carbocycles. The second kappa shape index (κ2) is 4.90. The lowest BCUT2D eigenvalue weighted by Gasteiger charge is -2.23. The summed E-state index contributed by atoms with van der Waals surface area (Å²) in [7, 11) is 1.64. The van der Waals surface area contributed by atoms with Crippen molar-refractivity contribution in [2.45, 2.75) is 31.8 Å². The first kappa shape index (κ1) is 13.1. The SMILES string of the molecule is COC(C)(C)c1noc(C2CCOc3ccccc32)n1. The summed E-state index contributed by atoms with van der Waals surface area (Å²) < 4.78 is 16.5. The van der Waals surface area contributed by atoms with E-state index in [2.05, 4.69) is 10.1 Å². The Labute approximate surface area is 117 Å². The minimum atomic E-state index is -0.549. The highest BCUT2D eigenvalue weighted by atomic mass is 16.5. The highest BCUT2D eigenvalue weighted by Gasteiger charge is 2.31. The lowest BCUT2D eigenvalue weighted by atomic mass is 9.93. The number of methoxy groups -OCH3 is 1. The molecule has 1 aliphatic rings. The van der Waals surface area contributed by atoms with E-state index in [0.29, 0.717) is 18.3 Å². The Morgan fingerprint density at radius 2 is 2.10 bits per heavy atom. The molecule has 2 aromatic rings. The Hall–Kier alpha value is -1.88. The van der Waals surface area contributed by atoms with Crippen molar-refractivity contribution < 1.29 is 14.0 Å². The van der Waals surface area contributed by atoms with Crippen LogP contribution < -0.4 is 4.74 Å². The minimum absolute atomic E-state index is 0.0915. The van der Waals surface area contributed by atoms with Gasteiger partial charge in [0, 0.05) is 12.7 Å². The Balaban J connectivity index is 1.95. The zero-order chi connectivity index (χ0) is 14.2. The number of benzene rings is 1. The van der Waals surface area contributed by atoms with Crippen LogP contribution in [0.2, 0.25) is 0 Å². The first-order chi connectivity index (χ1) is 9.62. The maximum Gasteiger partial charge on any atom is 0.234 e. The monoisotopic (exact) mass is 274 g/mol. The van der Waals surface area contributed by atoms with Crippen LogP contribution in [0.25, 0.3) is 0 Å². The molecule has 1 aromatic carbocycles. The average Bonchev–Trinajstić information content (AvgIpc) is 2.97. The van der Waals surface area contributed by atoms with Crippen LogP contribution in [-0.4, -0.2) is 23.9 Å². The first-order valence-electron chi connectivity index (χ1n) is 6.73. The fourth-order valence-electron chi connectivity index (χ4n) is 2.31. The second-order valence-corrected chi connectivity index (χ2v) is 5.40. The predicted molar refractivity (Wildman–Crippen MR) is 72.7 cm³/mol. The van der Waals surface area contributed by atoms with Gasteiger partial charge in [-0.05, 0) is 26.3 Å². The molecule has 1 aliphatic heterocycles. The van der Waals surface area contributed by atoms with Gasteiger partial charge in [0.05, 0.1) is 12.5 Å². The molecule has 106 valence electrons. The molecule has 5 heteroatoms. The van der Waals surface area contributed by atoms with Gasteiger partial charge in [-0.1, -0.05) is 23.4 Å². The van der Waals surface area contributed by atoms with Crippen molar-refractivity contribution in [2.24, 2.45) is 0 Å². The summed E-state index contributed by atoms with van der Waals surface area (Å²) in [6, 6.07) is 7.98. The van der Waals surface area contributed by atoms with Crippen molar-refractivity contribution in [3.05, 3.63) is 41.5 Å². The van der Waals surface area contributed by atoms with Crippen molar-refractivity contribution in [1.29, 1.82) is 0 Å². The third kappa shape index (κ3) is 2.18. The van der Waals surface area contributed by atoms with Crippen LogP contribution in [0.5, 0.6) is 5.75 Å². The number of para-hydroxylation sites is 1. The normalized spacial score (nSPS) is 18.4. The summed E-state index contributed by atoms with van der Waals surface area (Å²) >= 11 is 0. The third-order valence-corrected chi connectivity index (χ3v) is 3.75. The maximum atomic E-state index is 5.66. The standard InChI is InChI=1S/C15H18N2O3/c1-15(2,18-3)14-16-13(20-17-14)11-8-9-19-12-7-5-4-6-10(11)12/h4-7,11H,8-9H2,1-3H3. The van der Waals surface area contributed by atoms with E-state index in [1.54, 1.807) is 7.11 Å². The molecule has 3 rings (SSSR count). The molecule has 0 saturated carbocycles. The van der Waals surface area contributed by atoms with E-state index in [-0.39, 0.29) is 5.92 Å². The molecular weight excluding hydrogens is 256 g/mol. The second-order valence-electron chi connectivity index (χ2n) is 5.40. The van der Waals surface area contributed by atoms with E-state index in [9.17, 15) is 0 Å². The average molecular weight is 274 g/mol. The maximum absolute atomic E-state index is 5.66. The highest BCUT2D eigenvalue weighted by molar-refractivity contribution is 5.40. The molecule has 1 atom stereocenters. The van der Waals surface area contributed by atoms with Crippen molar-refractivity contribution in [2.75, 3.05) is 13.7 Å². The van der Waals surface area contributed by atoms with E-state index in [1.807, 2.05) is 38.1 Å². The molecule has 0 amide bonds. The van der Waals surface area contributed by atoms with Crippen LogP contribution >= 0.6 is 0 Å². The fourth-order valence-corrected chi connectivity index (χ4v) is 2.31. The molecule has 5 nitrogen and oxygen atoms in total.